The molecule has 0 aromatic heterocycles. The third-order valence-electron chi connectivity index (χ3n) is 6.76. The Kier molecular flexibility index (Phi) is 4.82. The molecule has 3 aromatic carbocycles. The fraction of sp³-hybridized carbons (Fsp3) is 0.296. The van der Waals surface area contributed by atoms with Crippen LogP contribution in [0.2, 0.25) is 0 Å². The molecule has 3 nitrogen and oxygen atoms in total. The van der Waals surface area contributed by atoms with Crippen LogP contribution in [-0.2, 0) is 0 Å². The van der Waals surface area contributed by atoms with Crippen LogP contribution in [0.25, 0.3) is 10.8 Å². The molecule has 0 saturated carbocycles. The van der Waals surface area contributed by atoms with Gasteiger partial charge < -0.3 is 10.6 Å². The van der Waals surface area contributed by atoms with Crippen LogP contribution in [0.15, 0.2) is 72.8 Å². The Morgan fingerprint density at radius 2 is 1.93 bits per heavy atom. The highest BCUT2D eigenvalue weighted by molar-refractivity contribution is 6.01. The van der Waals surface area contributed by atoms with Gasteiger partial charge in [0.25, 0.3) is 5.91 Å². The predicted octanol–water partition coefficient (Wildman–Crippen LogP) is 6.19. The van der Waals surface area contributed by atoms with Gasteiger partial charge in [0.1, 0.15) is 0 Å². The van der Waals surface area contributed by atoms with Gasteiger partial charge in [-0.1, -0.05) is 67.6 Å². The van der Waals surface area contributed by atoms with Gasteiger partial charge in [-0.3, -0.25) is 4.79 Å². The number of hydrogen-bond donors (Lipinski definition) is 2. The van der Waals surface area contributed by atoms with Crippen molar-refractivity contribution in [2.24, 2.45) is 5.92 Å². The molecule has 0 fully saturated rings. The Bertz CT molecular complexity index is 1130. The van der Waals surface area contributed by atoms with Crippen molar-refractivity contribution in [3.63, 3.8) is 0 Å². The molecule has 1 aliphatic heterocycles. The largest absolute Gasteiger partial charge is 0.377 e. The zero-order valence-electron chi connectivity index (χ0n) is 17.6. The number of fused-ring (bicyclic) bond motifs is 4. The maximum atomic E-state index is 13.0. The summed E-state index contributed by atoms with van der Waals surface area (Å²) in [5.41, 5.74) is 4.26. The van der Waals surface area contributed by atoms with E-state index in [4.69, 9.17) is 0 Å². The molecule has 2 N–H and O–H groups in total. The fourth-order valence-electron chi connectivity index (χ4n) is 4.95. The number of amides is 1. The fourth-order valence-corrected chi connectivity index (χ4v) is 4.95. The molecule has 152 valence electrons. The second kappa shape index (κ2) is 7.64. The second-order valence-corrected chi connectivity index (χ2v) is 8.63. The van der Waals surface area contributed by atoms with E-state index in [9.17, 15) is 4.79 Å². The van der Waals surface area contributed by atoms with Gasteiger partial charge in [-0.15, -0.1) is 0 Å². The zero-order chi connectivity index (χ0) is 20.7. The highest BCUT2D eigenvalue weighted by Crippen LogP contribution is 2.50. The molecule has 4 atom stereocenters. The Morgan fingerprint density at radius 1 is 1.10 bits per heavy atom. The van der Waals surface area contributed by atoms with E-state index in [0.29, 0.717) is 11.8 Å². The standard InChI is InChI=1S/C27H28N2O/c1-3-17(2)28-27(30)24-13-7-12-23-21-10-6-11-22(21)25(29-26(23)24)20-15-14-18-8-4-5-9-19(18)16-20/h4-10,12-17,21-22,25,29H,3,11H2,1-2H3,(H,28,30). The summed E-state index contributed by atoms with van der Waals surface area (Å²) in [4.78, 5) is 13.0. The molecule has 0 spiro atoms. The van der Waals surface area contributed by atoms with Crippen molar-refractivity contribution >= 4 is 22.4 Å². The van der Waals surface area contributed by atoms with Crippen LogP contribution in [-0.4, -0.2) is 11.9 Å². The van der Waals surface area contributed by atoms with Gasteiger partial charge >= 0.3 is 0 Å². The molecular formula is C27H28N2O. The molecule has 0 radical (unpaired) electrons. The van der Waals surface area contributed by atoms with Crippen molar-refractivity contribution in [2.75, 3.05) is 5.32 Å². The Hall–Kier alpha value is -3.07. The molecular weight excluding hydrogens is 368 g/mol. The van der Waals surface area contributed by atoms with E-state index in [-0.39, 0.29) is 18.0 Å². The minimum Gasteiger partial charge on any atom is -0.377 e. The Labute approximate surface area is 178 Å². The van der Waals surface area contributed by atoms with Crippen LogP contribution in [0.5, 0.6) is 0 Å². The Morgan fingerprint density at radius 3 is 2.77 bits per heavy atom. The average molecular weight is 397 g/mol. The van der Waals surface area contributed by atoms with Crippen LogP contribution >= 0.6 is 0 Å². The van der Waals surface area contributed by atoms with Crippen LogP contribution in [0.4, 0.5) is 5.69 Å². The summed E-state index contributed by atoms with van der Waals surface area (Å²) in [6.07, 6.45) is 6.60. The predicted molar refractivity (Wildman–Crippen MR) is 124 cm³/mol. The van der Waals surface area contributed by atoms with Crippen LogP contribution in [0.3, 0.4) is 0 Å². The first-order valence-electron chi connectivity index (χ1n) is 11.0. The number of nitrogens with one attached hydrogen (secondary N) is 2. The topological polar surface area (TPSA) is 41.1 Å². The molecule has 3 aromatic rings. The first kappa shape index (κ1) is 18.9. The van der Waals surface area contributed by atoms with Gasteiger partial charge in [-0.25, -0.2) is 0 Å². The number of anilines is 1. The maximum Gasteiger partial charge on any atom is 0.253 e. The van der Waals surface area contributed by atoms with E-state index in [1.54, 1.807) is 0 Å². The lowest BCUT2D eigenvalue weighted by Crippen LogP contribution is -2.35. The van der Waals surface area contributed by atoms with Gasteiger partial charge in [-0.2, -0.15) is 0 Å². The number of carbonyl (C=O) groups is 1. The molecule has 3 heteroatoms. The quantitative estimate of drug-likeness (QED) is 0.516. The molecule has 1 aliphatic carbocycles. The number of allylic oxidation sites excluding steroid dienone is 2. The lowest BCUT2D eigenvalue weighted by Gasteiger charge is -2.38. The molecule has 5 rings (SSSR count). The second-order valence-electron chi connectivity index (χ2n) is 8.63. The summed E-state index contributed by atoms with van der Waals surface area (Å²) in [6.45, 7) is 4.14. The van der Waals surface area contributed by atoms with Crippen molar-refractivity contribution in [1.29, 1.82) is 0 Å². The Balaban J connectivity index is 1.57. The van der Waals surface area contributed by atoms with E-state index in [1.165, 1.54) is 21.9 Å². The molecule has 1 heterocycles. The van der Waals surface area contributed by atoms with Crippen molar-refractivity contribution < 1.29 is 4.79 Å². The van der Waals surface area contributed by atoms with Gasteiger partial charge in [0.05, 0.1) is 17.3 Å². The molecule has 0 bridgehead atoms. The first-order chi connectivity index (χ1) is 14.7. The summed E-state index contributed by atoms with van der Waals surface area (Å²) in [5, 5.41) is 9.44. The summed E-state index contributed by atoms with van der Waals surface area (Å²) in [5.74, 6) is 0.812. The smallest absolute Gasteiger partial charge is 0.253 e. The zero-order valence-corrected chi connectivity index (χ0v) is 17.6. The van der Waals surface area contributed by atoms with E-state index in [1.807, 2.05) is 19.1 Å². The van der Waals surface area contributed by atoms with Gasteiger partial charge in [0.15, 0.2) is 0 Å². The van der Waals surface area contributed by atoms with Crippen molar-refractivity contribution in [3.8, 4) is 0 Å². The van der Waals surface area contributed by atoms with E-state index >= 15 is 0 Å². The molecule has 1 amide bonds. The third-order valence-corrected chi connectivity index (χ3v) is 6.76. The SMILES string of the molecule is CCC(C)NC(=O)c1cccc2c1NC(c1ccc3ccccc3c1)C1CC=CC21. The highest BCUT2D eigenvalue weighted by atomic mass is 16.1. The average Bonchev–Trinajstić information content (AvgIpc) is 3.28. The highest BCUT2D eigenvalue weighted by Gasteiger charge is 2.39. The number of para-hydroxylation sites is 1. The molecule has 2 aliphatic rings. The molecule has 4 unspecified atom stereocenters. The monoisotopic (exact) mass is 396 g/mol. The van der Waals surface area contributed by atoms with Gasteiger partial charge in [0.2, 0.25) is 0 Å². The van der Waals surface area contributed by atoms with E-state index in [2.05, 4.69) is 78.2 Å². The van der Waals surface area contributed by atoms with Crippen LogP contribution in [0, 0.1) is 5.92 Å². The number of rotatable bonds is 4. The van der Waals surface area contributed by atoms with Crippen LogP contribution < -0.4 is 10.6 Å². The maximum absolute atomic E-state index is 13.0. The van der Waals surface area contributed by atoms with Gasteiger partial charge in [-0.05, 0) is 59.7 Å². The van der Waals surface area contributed by atoms with E-state index < -0.39 is 0 Å². The molecule has 30 heavy (non-hydrogen) atoms. The minimum atomic E-state index is 0.00591. The third kappa shape index (κ3) is 3.19. The van der Waals surface area contributed by atoms with Crippen molar-refractivity contribution in [1.82, 2.24) is 5.32 Å². The molecule has 0 saturated heterocycles. The van der Waals surface area contributed by atoms with Gasteiger partial charge in [0, 0.05) is 12.0 Å². The summed E-state index contributed by atoms with van der Waals surface area (Å²) in [6, 6.07) is 21.7. The summed E-state index contributed by atoms with van der Waals surface area (Å²) in [7, 11) is 0. The number of hydrogen-bond acceptors (Lipinski definition) is 2. The number of benzene rings is 3. The summed E-state index contributed by atoms with van der Waals surface area (Å²) < 4.78 is 0. The lowest BCUT2D eigenvalue weighted by atomic mass is 9.76. The van der Waals surface area contributed by atoms with Crippen LogP contribution in [0.1, 0.15) is 60.1 Å². The summed E-state index contributed by atoms with van der Waals surface area (Å²) >= 11 is 0. The minimum absolute atomic E-state index is 0.00591. The van der Waals surface area contributed by atoms with Crippen molar-refractivity contribution in [2.45, 2.75) is 44.7 Å². The lowest BCUT2D eigenvalue weighted by molar-refractivity contribution is 0.0939. The first-order valence-corrected chi connectivity index (χ1v) is 11.0. The number of carbonyl (C=O) groups excluding carboxylic acids is 1. The van der Waals surface area contributed by atoms with E-state index in [0.717, 1.165) is 24.1 Å². The van der Waals surface area contributed by atoms with Crippen molar-refractivity contribution in [3.05, 3.63) is 89.5 Å². The normalized spacial score (nSPS) is 22.8.